The molecule has 0 unspecified atom stereocenters. The monoisotopic (exact) mass is 389 g/mol. The Morgan fingerprint density at radius 3 is 2.32 bits per heavy atom. The minimum absolute atomic E-state index is 0.156. The first-order chi connectivity index (χ1) is 13.2. The van der Waals surface area contributed by atoms with Crippen molar-refractivity contribution in [1.29, 1.82) is 0 Å². The Morgan fingerprint density at radius 2 is 1.79 bits per heavy atom. The summed E-state index contributed by atoms with van der Waals surface area (Å²) in [6, 6.07) is 5.02. The summed E-state index contributed by atoms with van der Waals surface area (Å²) in [5.74, 6) is -2.14. The quantitative estimate of drug-likeness (QED) is 0.617. The van der Waals surface area contributed by atoms with Crippen LogP contribution in [0.2, 0.25) is 0 Å². The molecule has 0 amide bonds. The van der Waals surface area contributed by atoms with Crippen LogP contribution in [0.1, 0.15) is 17.7 Å². The van der Waals surface area contributed by atoms with Crippen LogP contribution in [0.5, 0.6) is 0 Å². The Morgan fingerprint density at radius 1 is 1.21 bits per heavy atom. The first kappa shape index (κ1) is 19.5. The Hall–Kier alpha value is -3.27. The van der Waals surface area contributed by atoms with Gasteiger partial charge in [0.2, 0.25) is 0 Å². The third kappa shape index (κ3) is 2.91. The summed E-state index contributed by atoms with van der Waals surface area (Å²) in [5, 5.41) is 25.8. The lowest BCUT2D eigenvalue weighted by Crippen LogP contribution is -2.29. The number of piperidine rings is 1. The fraction of sp³-hybridized carbons (Fsp3) is 0.389. The van der Waals surface area contributed by atoms with E-state index in [0.29, 0.717) is 11.3 Å². The summed E-state index contributed by atoms with van der Waals surface area (Å²) in [5.41, 5.74) is -0.653. The normalized spacial score (nSPS) is 25.5. The molecular formula is C18H19N3O7. The summed E-state index contributed by atoms with van der Waals surface area (Å²) in [4.78, 5) is 50.0. The van der Waals surface area contributed by atoms with E-state index in [-0.39, 0.29) is 38.1 Å². The molecule has 2 fully saturated rings. The maximum Gasteiger partial charge on any atom is 0.312 e. The fourth-order valence-electron chi connectivity index (χ4n) is 4.08. The molecule has 0 spiro atoms. The van der Waals surface area contributed by atoms with Gasteiger partial charge in [-0.25, -0.2) is 4.98 Å². The molecule has 2 aromatic heterocycles. The number of likely N-dealkylation sites (tertiary alicyclic amines) is 1. The molecule has 1 aliphatic carbocycles. The molecule has 3 heterocycles. The van der Waals surface area contributed by atoms with Gasteiger partial charge in [-0.3, -0.25) is 28.5 Å². The van der Waals surface area contributed by atoms with Crippen molar-refractivity contribution >= 4 is 24.1 Å². The maximum atomic E-state index is 12.2. The zero-order valence-electron chi connectivity index (χ0n) is 15.0. The number of fused-ring (bicyclic) bond motifs is 2. The van der Waals surface area contributed by atoms with Gasteiger partial charge in [-0.2, -0.15) is 0 Å². The van der Waals surface area contributed by atoms with Gasteiger partial charge in [0, 0.05) is 31.9 Å². The van der Waals surface area contributed by atoms with Crippen molar-refractivity contribution in [3.05, 3.63) is 46.0 Å². The van der Waals surface area contributed by atoms with E-state index in [1.807, 2.05) is 13.0 Å². The van der Waals surface area contributed by atoms with E-state index in [9.17, 15) is 24.6 Å². The van der Waals surface area contributed by atoms with Gasteiger partial charge in [0.15, 0.2) is 0 Å². The van der Waals surface area contributed by atoms with Gasteiger partial charge in [-0.15, -0.1) is 0 Å². The van der Waals surface area contributed by atoms with Crippen LogP contribution in [0.25, 0.3) is 5.65 Å². The Labute approximate surface area is 158 Å². The number of pyridine rings is 1. The Bertz CT molecular complexity index is 1010. The third-order valence-electron chi connectivity index (χ3n) is 5.46. The van der Waals surface area contributed by atoms with Crippen LogP contribution < -0.4 is 5.56 Å². The molecule has 1 saturated carbocycles. The van der Waals surface area contributed by atoms with Crippen molar-refractivity contribution in [2.45, 2.75) is 19.9 Å². The van der Waals surface area contributed by atoms with Crippen LogP contribution in [0.4, 0.5) is 0 Å². The predicted octanol–water partition coefficient (Wildman–Crippen LogP) is 0.0650. The van der Waals surface area contributed by atoms with Gasteiger partial charge < -0.3 is 15.3 Å². The number of hydrogen-bond acceptors (Lipinski definition) is 6. The summed E-state index contributed by atoms with van der Waals surface area (Å²) in [7, 11) is 0. The summed E-state index contributed by atoms with van der Waals surface area (Å²) in [6.45, 7) is 2.22. The van der Waals surface area contributed by atoms with Crippen molar-refractivity contribution in [2.24, 2.45) is 10.8 Å². The SMILES string of the molecule is Cc1ccn2c(=O)cc(CN3C[C@@]4(C(=O)O)C[C@@]4(C(=O)O)C3)nc2c1.O=CO. The van der Waals surface area contributed by atoms with Gasteiger partial charge in [0.25, 0.3) is 12.0 Å². The van der Waals surface area contributed by atoms with E-state index < -0.39 is 22.8 Å². The summed E-state index contributed by atoms with van der Waals surface area (Å²) in [6.07, 6.45) is 1.82. The standard InChI is InChI=1S/C17H17N3O5.CH2O2/c1-10-2-3-20-12(4-10)18-11(5-13(20)21)6-19-8-16(14(22)23)7-17(16,9-19)15(24)25;2-1-3/h2-5H,6-9H2,1H3,(H,22,23)(H,24,25);1H,(H,2,3)/t16-,17+;. The van der Waals surface area contributed by atoms with E-state index in [1.165, 1.54) is 10.5 Å². The van der Waals surface area contributed by atoms with Crippen LogP contribution >= 0.6 is 0 Å². The highest BCUT2D eigenvalue weighted by Gasteiger charge is 2.80. The largest absolute Gasteiger partial charge is 0.483 e. The van der Waals surface area contributed by atoms with E-state index in [4.69, 9.17) is 9.90 Å². The molecule has 148 valence electrons. The number of carbonyl (C=O) groups is 3. The second-order valence-electron chi connectivity index (χ2n) is 7.22. The molecule has 2 aromatic rings. The highest BCUT2D eigenvalue weighted by Crippen LogP contribution is 2.68. The molecule has 2 aliphatic rings. The summed E-state index contributed by atoms with van der Waals surface area (Å²) < 4.78 is 1.44. The summed E-state index contributed by atoms with van der Waals surface area (Å²) >= 11 is 0. The average molecular weight is 389 g/mol. The highest BCUT2D eigenvalue weighted by molar-refractivity contribution is 5.94. The molecule has 1 saturated heterocycles. The van der Waals surface area contributed by atoms with Crippen molar-refractivity contribution in [2.75, 3.05) is 13.1 Å². The molecule has 0 aromatic carbocycles. The molecular weight excluding hydrogens is 370 g/mol. The number of aryl methyl sites for hydroxylation is 1. The minimum atomic E-state index is -1.22. The molecule has 4 rings (SSSR count). The van der Waals surface area contributed by atoms with E-state index in [0.717, 1.165) is 5.56 Å². The lowest BCUT2D eigenvalue weighted by atomic mass is 9.97. The number of carboxylic acids is 2. The predicted molar refractivity (Wildman–Crippen MR) is 94.9 cm³/mol. The van der Waals surface area contributed by atoms with Crippen LogP contribution in [0, 0.1) is 17.8 Å². The molecule has 28 heavy (non-hydrogen) atoms. The smallest absolute Gasteiger partial charge is 0.312 e. The molecule has 0 bridgehead atoms. The number of hydrogen-bond donors (Lipinski definition) is 3. The highest BCUT2D eigenvalue weighted by atomic mass is 16.4. The number of nitrogens with zero attached hydrogens (tertiary/aromatic N) is 3. The Balaban J connectivity index is 0.000000706. The number of aliphatic carboxylic acids is 2. The van der Waals surface area contributed by atoms with Crippen molar-refractivity contribution in [3.63, 3.8) is 0 Å². The third-order valence-corrected chi connectivity index (χ3v) is 5.46. The van der Waals surface area contributed by atoms with Crippen LogP contribution in [0.3, 0.4) is 0 Å². The lowest BCUT2D eigenvalue weighted by molar-refractivity contribution is -0.151. The van der Waals surface area contributed by atoms with Crippen molar-refractivity contribution < 1.29 is 29.7 Å². The van der Waals surface area contributed by atoms with Gasteiger partial charge in [-0.05, 0) is 31.0 Å². The Kier molecular flexibility index (Phi) is 4.67. The van der Waals surface area contributed by atoms with Crippen LogP contribution in [0.15, 0.2) is 29.2 Å². The van der Waals surface area contributed by atoms with Gasteiger partial charge in [-0.1, -0.05) is 0 Å². The average Bonchev–Trinajstić information content (AvgIpc) is 3.14. The van der Waals surface area contributed by atoms with E-state index in [2.05, 4.69) is 4.98 Å². The van der Waals surface area contributed by atoms with Gasteiger partial charge in [0.1, 0.15) is 5.65 Å². The second kappa shape index (κ2) is 6.71. The number of rotatable bonds is 4. The second-order valence-corrected chi connectivity index (χ2v) is 7.22. The van der Waals surface area contributed by atoms with Crippen LogP contribution in [-0.2, 0) is 20.9 Å². The van der Waals surface area contributed by atoms with E-state index in [1.54, 1.807) is 17.2 Å². The maximum absolute atomic E-state index is 12.2. The first-order valence-corrected chi connectivity index (χ1v) is 8.45. The molecule has 3 N–H and O–H groups in total. The number of carboxylic acid groups (broad SMARTS) is 3. The first-order valence-electron chi connectivity index (χ1n) is 8.45. The van der Waals surface area contributed by atoms with Crippen molar-refractivity contribution in [3.8, 4) is 0 Å². The minimum Gasteiger partial charge on any atom is -0.483 e. The van der Waals surface area contributed by atoms with E-state index >= 15 is 0 Å². The molecule has 2 atom stereocenters. The van der Waals surface area contributed by atoms with Gasteiger partial charge in [0.05, 0.1) is 16.5 Å². The fourth-order valence-corrected chi connectivity index (χ4v) is 4.08. The molecule has 10 nitrogen and oxygen atoms in total. The zero-order chi connectivity index (χ0) is 20.7. The van der Waals surface area contributed by atoms with Gasteiger partial charge >= 0.3 is 11.9 Å². The van der Waals surface area contributed by atoms with Crippen molar-refractivity contribution in [1.82, 2.24) is 14.3 Å². The molecule has 1 aliphatic heterocycles. The zero-order valence-corrected chi connectivity index (χ0v) is 15.0. The lowest BCUT2D eigenvalue weighted by Gasteiger charge is -2.19. The topological polar surface area (TPSA) is 150 Å². The molecule has 0 radical (unpaired) electrons. The molecule has 10 heteroatoms. The van der Waals surface area contributed by atoms with Crippen LogP contribution in [-0.4, -0.2) is 61.1 Å². The number of aromatic nitrogens is 2.